The van der Waals surface area contributed by atoms with Crippen molar-refractivity contribution in [3.05, 3.63) is 28.1 Å². The SMILES string of the molecule is C=C(CCC)Nc1c(C)csc1C(=O)O. The summed E-state index contributed by atoms with van der Waals surface area (Å²) in [4.78, 5) is 11.3. The molecule has 1 heterocycles. The lowest BCUT2D eigenvalue weighted by Gasteiger charge is -2.09. The van der Waals surface area contributed by atoms with Gasteiger partial charge >= 0.3 is 5.97 Å². The van der Waals surface area contributed by atoms with E-state index in [0.29, 0.717) is 10.6 Å². The molecule has 0 aliphatic heterocycles. The van der Waals surface area contributed by atoms with Crippen LogP contribution in [0.4, 0.5) is 5.69 Å². The average Bonchev–Trinajstić information content (AvgIpc) is 2.48. The summed E-state index contributed by atoms with van der Waals surface area (Å²) in [5.41, 5.74) is 2.50. The minimum absolute atomic E-state index is 0.352. The predicted molar refractivity (Wildman–Crippen MR) is 63.7 cm³/mol. The largest absolute Gasteiger partial charge is 0.477 e. The molecule has 15 heavy (non-hydrogen) atoms. The van der Waals surface area contributed by atoms with Gasteiger partial charge in [0.15, 0.2) is 0 Å². The van der Waals surface area contributed by atoms with Crippen LogP contribution >= 0.6 is 11.3 Å². The smallest absolute Gasteiger partial charge is 0.348 e. The molecule has 0 aliphatic carbocycles. The summed E-state index contributed by atoms with van der Waals surface area (Å²) in [6, 6.07) is 0. The minimum Gasteiger partial charge on any atom is -0.477 e. The quantitative estimate of drug-likeness (QED) is 0.806. The first kappa shape index (κ1) is 11.8. The summed E-state index contributed by atoms with van der Waals surface area (Å²) in [6.45, 7) is 7.82. The highest BCUT2D eigenvalue weighted by atomic mass is 32.1. The number of anilines is 1. The number of carboxylic acid groups (broad SMARTS) is 1. The number of aromatic carboxylic acids is 1. The molecule has 0 spiro atoms. The zero-order valence-corrected chi connectivity index (χ0v) is 9.78. The van der Waals surface area contributed by atoms with E-state index in [-0.39, 0.29) is 0 Å². The van der Waals surface area contributed by atoms with Crippen LogP contribution in [-0.4, -0.2) is 11.1 Å². The first-order valence-electron chi connectivity index (χ1n) is 4.82. The Kier molecular flexibility index (Phi) is 3.91. The molecule has 0 saturated carbocycles. The summed E-state index contributed by atoms with van der Waals surface area (Å²) >= 11 is 1.24. The van der Waals surface area contributed by atoms with E-state index in [4.69, 9.17) is 5.11 Å². The van der Waals surface area contributed by atoms with Crippen molar-refractivity contribution in [2.45, 2.75) is 26.7 Å². The number of rotatable bonds is 5. The van der Waals surface area contributed by atoms with E-state index in [2.05, 4.69) is 18.8 Å². The van der Waals surface area contributed by atoms with Crippen LogP contribution < -0.4 is 5.32 Å². The molecule has 2 N–H and O–H groups in total. The molecule has 0 radical (unpaired) electrons. The molecule has 1 aromatic rings. The van der Waals surface area contributed by atoms with Crippen molar-refractivity contribution in [2.75, 3.05) is 5.32 Å². The molecular formula is C11H15NO2S. The van der Waals surface area contributed by atoms with Gasteiger partial charge in [-0.05, 0) is 24.3 Å². The van der Waals surface area contributed by atoms with E-state index in [1.165, 1.54) is 11.3 Å². The highest BCUT2D eigenvalue weighted by molar-refractivity contribution is 7.12. The van der Waals surface area contributed by atoms with Gasteiger partial charge in [0.2, 0.25) is 0 Å². The highest BCUT2D eigenvalue weighted by Gasteiger charge is 2.15. The second-order valence-electron chi connectivity index (χ2n) is 3.41. The Morgan fingerprint density at radius 3 is 2.87 bits per heavy atom. The molecule has 3 nitrogen and oxygen atoms in total. The molecule has 0 amide bonds. The first-order valence-corrected chi connectivity index (χ1v) is 5.70. The fourth-order valence-corrected chi connectivity index (χ4v) is 2.14. The Bertz CT molecular complexity index is 382. The normalized spacial score (nSPS) is 10.0. The molecule has 1 rings (SSSR count). The van der Waals surface area contributed by atoms with Crippen LogP contribution in [-0.2, 0) is 0 Å². The van der Waals surface area contributed by atoms with Gasteiger partial charge in [0, 0.05) is 5.70 Å². The second kappa shape index (κ2) is 4.98. The number of carboxylic acids is 1. The van der Waals surface area contributed by atoms with Crippen molar-refractivity contribution in [1.82, 2.24) is 0 Å². The second-order valence-corrected chi connectivity index (χ2v) is 4.29. The molecule has 4 heteroatoms. The van der Waals surface area contributed by atoms with Gasteiger partial charge < -0.3 is 10.4 Å². The van der Waals surface area contributed by atoms with Crippen LogP contribution in [0, 0.1) is 6.92 Å². The predicted octanol–water partition coefficient (Wildman–Crippen LogP) is 3.48. The highest BCUT2D eigenvalue weighted by Crippen LogP contribution is 2.29. The lowest BCUT2D eigenvalue weighted by Crippen LogP contribution is -2.03. The van der Waals surface area contributed by atoms with Gasteiger partial charge in [-0.2, -0.15) is 0 Å². The summed E-state index contributed by atoms with van der Waals surface area (Å²) in [5.74, 6) is -0.889. The van der Waals surface area contributed by atoms with Gasteiger partial charge in [-0.3, -0.25) is 0 Å². The van der Waals surface area contributed by atoms with Crippen molar-refractivity contribution < 1.29 is 9.90 Å². The molecule has 0 bridgehead atoms. The van der Waals surface area contributed by atoms with E-state index in [1.54, 1.807) is 0 Å². The van der Waals surface area contributed by atoms with E-state index in [1.807, 2.05) is 12.3 Å². The van der Waals surface area contributed by atoms with Gasteiger partial charge in [0.1, 0.15) is 4.88 Å². The Morgan fingerprint density at radius 1 is 1.67 bits per heavy atom. The maximum absolute atomic E-state index is 10.9. The van der Waals surface area contributed by atoms with Crippen LogP contribution in [0.25, 0.3) is 0 Å². The molecule has 0 aromatic carbocycles. The number of carbonyl (C=O) groups is 1. The summed E-state index contributed by atoms with van der Waals surface area (Å²) in [5, 5.41) is 13.9. The third-order valence-corrected chi connectivity index (χ3v) is 3.11. The molecule has 0 saturated heterocycles. The van der Waals surface area contributed by atoms with Crippen LogP contribution in [0.3, 0.4) is 0 Å². The number of hydrogen-bond donors (Lipinski definition) is 2. The van der Waals surface area contributed by atoms with Crippen LogP contribution in [0.5, 0.6) is 0 Å². The van der Waals surface area contributed by atoms with Gasteiger partial charge in [-0.15, -0.1) is 11.3 Å². The third kappa shape index (κ3) is 2.83. The van der Waals surface area contributed by atoms with E-state index in [9.17, 15) is 4.79 Å². The average molecular weight is 225 g/mol. The molecule has 0 fully saturated rings. The summed E-state index contributed by atoms with van der Waals surface area (Å²) in [7, 11) is 0. The van der Waals surface area contributed by atoms with Gasteiger partial charge in [0.25, 0.3) is 0 Å². The van der Waals surface area contributed by atoms with E-state index in [0.717, 1.165) is 24.1 Å². The van der Waals surface area contributed by atoms with Crippen molar-refractivity contribution in [3.63, 3.8) is 0 Å². The van der Waals surface area contributed by atoms with Gasteiger partial charge in [-0.1, -0.05) is 19.9 Å². The summed E-state index contributed by atoms with van der Waals surface area (Å²) < 4.78 is 0. The van der Waals surface area contributed by atoms with Crippen molar-refractivity contribution >= 4 is 23.0 Å². The molecular weight excluding hydrogens is 210 g/mol. The Labute approximate surface area is 93.4 Å². The zero-order valence-electron chi connectivity index (χ0n) is 8.96. The zero-order chi connectivity index (χ0) is 11.4. The fourth-order valence-electron chi connectivity index (χ4n) is 1.30. The number of nitrogens with one attached hydrogen (secondary N) is 1. The number of hydrogen-bond acceptors (Lipinski definition) is 3. The van der Waals surface area contributed by atoms with Crippen LogP contribution in [0.1, 0.15) is 35.0 Å². The van der Waals surface area contributed by atoms with E-state index >= 15 is 0 Å². The van der Waals surface area contributed by atoms with Gasteiger partial charge in [-0.25, -0.2) is 4.79 Å². The minimum atomic E-state index is -0.889. The Balaban J connectivity index is 2.88. The van der Waals surface area contributed by atoms with E-state index < -0.39 is 5.97 Å². The molecule has 0 aliphatic rings. The van der Waals surface area contributed by atoms with Crippen molar-refractivity contribution in [2.24, 2.45) is 0 Å². The topological polar surface area (TPSA) is 49.3 Å². The summed E-state index contributed by atoms with van der Waals surface area (Å²) in [6.07, 6.45) is 1.85. The maximum Gasteiger partial charge on any atom is 0.348 e. The third-order valence-electron chi connectivity index (χ3n) is 2.02. The number of aryl methyl sites for hydroxylation is 1. The standard InChI is InChI=1S/C11H15NO2S/c1-4-5-8(3)12-9-7(2)6-15-10(9)11(13)14/h6,12H,3-5H2,1-2H3,(H,13,14). The lowest BCUT2D eigenvalue weighted by molar-refractivity contribution is 0.0703. The molecule has 0 unspecified atom stereocenters. The van der Waals surface area contributed by atoms with Crippen LogP contribution in [0.15, 0.2) is 17.7 Å². The Morgan fingerprint density at radius 2 is 2.33 bits per heavy atom. The monoisotopic (exact) mass is 225 g/mol. The number of allylic oxidation sites excluding steroid dienone is 1. The van der Waals surface area contributed by atoms with Crippen molar-refractivity contribution in [1.29, 1.82) is 0 Å². The first-order chi connectivity index (χ1) is 7.06. The van der Waals surface area contributed by atoms with Crippen molar-refractivity contribution in [3.8, 4) is 0 Å². The van der Waals surface area contributed by atoms with Crippen LogP contribution in [0.2, 0.25) is 0 Å². The molecule has 0 atom stereocenters. The maximum atomic E-state index is 10.9. The lowest BCUT2D eigenvalue weighted by atomic mass is 10.2. The molecule has 82 valence electrons. The number of thiophene rings is 1. The van der Waals surface area contributed by atoms with Gasteiger partial charge in [0.05, 0.1) is 5.69 Å². The Hall–Kier alpha value is -1.29. The molecule has 1 aromatic heterocycles. The fraction of sp³-hybridized carbons (Fsp3) is 0.364.